The van der Waals surface area contributed by atoms with Gasteiger partial charge in [0.25, 0.3) is 5.91 Å². The smallest absolute Gasteiger partial charge is 0.253 e. The Morgan fingerprint density at radius 3 is 2.66 bits per heavy atom. The maximum atomic E-state index is 12.4. The summed E-state index contributed by atoms with van der Waals surface area (Å²) >= 11 is 6.13. The van der Waals surface area contributed by atoms with E-state index in [4.69, 9.17) is 16.6 Å². The summed E-state index contributed by atoms with van der Waals surface area (Å²) in [6, 6.07) is 13.5. The quantitative estimate of drug-likeness (QED) is 0.721. The van der Waals surface area contributed by atoms with Crippen LogP contribution in [0, 0.1) is 0 Å². The summed E-state index contributed by atoms with van der Waals surface area (Å²) in [6.45, 7) is 2.40. The summed E-state index contributed by atoms with van der Waals surface area (Å²) in [6.07, 6.45) is 1.87. The fraction of sp³-hybridized carbons (Fsp3) is 0.364. The van der Waals surface area contributed by atoms with Crippen molar-refractivity contribution in [1.82, 2.24) is 10.2 Å². The summed E-state index contributed by atoms with van der Waals surface area (Å²) in [5.74, 6) is 0.898. The monoisotopic (exact) mass is 411 g/mol. The number of nitrogens with zero attached hydrogens (tertiary/aromatic N) is 2. The van der Waals surface area contributed by atoms with Crippen LogP contribution in [0.5, 0.6) is 0 Å². The van der Waals surface area contributed by atoms with E-state index >= 15 is 0 Å². The predicted octanol–water partition coefficient (Wildman–Crippen LogP) is 3.60. The van der Waals surface area contributed by atoms with E-state index in [0.717, 1.165) is 48.7 Å². The molecule has 1 spiro atoms. The molecule has 152 valence electrons. The molecule has 2 aromatic rings. The van der Waals surface area contributed by atoms with Crippen molar-refractivity contribution in [2.45, 2.75) is 24.9 Å². The molecule has 2 aromatic carbocycles. The van der Waals surface area contributed by atoms with Crippen LogP contribution in [-0.4, -0.2) is 49.4 Å². The topological polar surface area (TPSA) is 68.8 Å². The average molecular weight is 412 g/mol. The lowest BCUT2D eigenvalue weighted by molar-refractivity contribution is 0.0827. The van der Waals surface area contributed by atoms with Gasteiger partial charge in [-0.05, 0) is 61.8 Å². The molecule has 3 N–H and O–H groups in total. The van der Waals surface area contributed by atoms with Crippen LogP contribution < -0.4 is 16.0 Å². The van der Waals surface area contributed by atoms with Crippen LogP contribution >= 0.6 is 11.6 Å². The molecule has 0 unspecified atom stereocenters. The van der Waals surface area contributed by atoms with E-state index in [2.05, 4.69) is 16.0 Å². The Morgan fingerprint density at radius 2 is 1.93 bits per heavy atom. The van der Waals surface area contributed by atoms with Gasteiger partial charge >= 0.3 is 0 Å². The van der Waals surface area contributed by atoms with Crippen molar-refractivity contribution in [2.75, 3.05) is 37.8 Å². The van der Waals surface area contributed by atoms with Gasteiger partial charge in [0, 0.05) is 24.7 Å². The number of carbonyl (C=O) groups is 1. The molecule has 1 saturated heterocycles. The molecule has 7 heteroatoms. The van der Waals surface area contributed by atoms with E-state index in [9.17, 15) is 4.79 Å². The molecular formula is C22H26ClN5O. The van der Waals surface area contributed by atoms with Crippen molar-refractivity contribution >= 4 is 34.7 Å². The molecule has 0 bridgehead atoms. The predicted molar refractivity (Wildman–Crippen MR) is 119 cm³/mol. The third kappa shape index (κ3) is 4.09. The number of amides is 1. The van der Waals surface area contributed by atoms with Crippen LogP contribution in [0.4, 0.5) is 11.4 Å². The maximum Gasteiger partial charge on any atom is 0.253 e. The van der Waals surface area contributed by atoms with Gasteiger partial charge in [0.2, 0.25) is 0 Å². The van der Waals surface area contributed by atoms with Gasteiger partial charge in [-0.1, -0.05) is 23.7 Å². The SMILES string of the molecule is CN(C)C(=O)c1ccc2c(c1)NC(=NCc1cccc(Cl)c1)C1(CCNCC1)N2. The molecule has 0 aliphatic carbocycles. The molecular weight excluding hydrogens is 386 g/mol. The Morgan fingerprint density at radius 1 is 1.14 bits per heavy atom. The van der Waals surface area contributed by atoms with Crippen molar-refractivity contribution < 1.29 is 4.79 Å². The third-order valence-electron chi connectivity index (χ3n) is 5.52. The largest absolute Gasteiger partial charge is 0.371 e. The standard InChI is InChI=1S/C22H26ClN5O/c1-28(2)20(29)16-6-7-18-19(13-16)26-21(22(27-18)8-10-24-11-9-22)25-14-15-4-3-5-17(23)12-15/h3-7,12-13,24,27H,8-11,14H2,1-2H3,(H,25,26). The van der Waals surface area contributed by atoms with E-state index in [1.165, 1.54) is 0 Å². The molecule has 2 aliphatic rings. The van der Waals surface area contributed by atoms with Crippen LogP contribution in [0.15, 0.2) is 47.5 Å². The minimum absolute atomic E-state index is 0.0193. The normalized spacial score (nSPS) is 18.7. The lowest BCUT2D eigenvalue weighted by atomic mass is 9.84. The molecule has 0 atom stereocenters. The number of aliphatic imine (C=N–C) groups is 1. The van der Waals surface area contributed by atoms with E-state index in [1.54, 1.807) is 19.0 Å². The van der Waals surface area contributed by atoms with Gasteiger partial charge in [0.05, 0.1) is 23.5 Å². The second kappa shape index (κ2) is 8.05. The van der Waals surface area contributed by atoms with E-state index in [0.29, 0.717) is 17.1 Å². The zero-order valence-electron chi connectivity index (χ0n) is 16.8. The number of fused-ring (bicyclic) bond motifs is 1. The van der Waals surface area contributed by atoms with Crippen molar-refractivity contribution in [3.8, 4) is 0 Å². The Labute approximate surface area is 176 Å². The number of amidine groups is 1. The molecule has 0 saturated carbocycles. The van der Waals surface area contributed by atoms with Crippen LogP contribution in [0.1, 0.15) is 28.8 Å². The van der Waals surface area contributed by atoms with E-state index in [-0.39, 0.29) is 11.4 Å². The second-order valence-electron chi connectivity index (χ2n) is 7.84. The minimum atomic E-state index is -0.232. The Kier molecular flexibility index (Phi) is 5.48. The number of piperidine rings is 1. The molecule has 2 aliphatic heterocycles. The number of nitrogens with one attached hydrogen (secondary N) is 3. The molecule has 1 fully saturated rings. The number of hydrogen-bond acceptors (Lipinski definition) is 4. The van der Waals surface area contributed by atoms with Crippen LogP contribution in [0.3, 0.4) is 0 Å². The Balaban J connectivity index is 1.68. The fourth-order valence-corrected chi connectivity index (χ4v) is 4.14. The van der Waals surface area contributed by atoms with Gasteiger partial charge in [0.1, 0.15) is 5.84 Å². The summed E-state index contributed by atoms with van der Waals surface area (Å²) in [4.78, 5) is 18.9. The van der Waals surface area contributed by atoms with Gasteiger partial charge < -0.3 is 20.9 Å². The number of halogens is 1. The Bertz CT molecular complexity index is 950. The summed E-state index contributed by atoms with van der Waals surface area (Å²) in [5.41, 5.74) is 3.37. The molecule has 29 heavy (non-hydrogen) atoms. The molecule has 4 rings (SSSR count). The zero-order valence-corrected chi connectivity index (χ0v) is 17.5. The number of anilines is 2. The van der Waals surface area contributed by atoms with Crippen LogP contribution in [-0.2, 0) is 6.54 Å². The first kappa shape index (κ1) is 19.7. The van der Waals surface area contributed by atoms with Gasteiger partial charge in [0.15, 0.2) is 0 Å². The number of carbonyl (C=O) groups excluding carboxylic acids is 1. The maximum absolute atomic E-state index is 12.4. The van der Waals surface area contributed by atoms with E-state index < -0.39 is 0 Å². The van der Waals surface area contributed by atoms with Crippen molar-refractivity contribution in [3.63, 3.8) is 0 Å². The van der Waals surface area contributed by atoms with Gasteiger partial charge in [-0.15, -0.1) is 0 Å². The average Bonchev–Trinajstić information content (AvgIpc) is 2.72. The zero-order chi connectivity index (χ0) is 20.4. The molecule has 1 amide bonds. The van der Waals surface area contributed by atoms with E-state index in [1.807, 2.05) is 42.5 Å². The van der Waals surface area contributed by atoms with Gasteiger partial charge in [-0.3, -0.25) is 9.79 Å². The van der Waals surface area contributed by atoms with Crippen molar-refractivity contribution in [1.29, 1.82) is 0 Å². The molecule has 0 aromatic heterocycles. The molecule has 0 radical (unpaired) electrons. The lowest BCUT2D eigenvalue weighted by Gasteiger charge is -2.44. The molecule has 2 heterocycles. The highest BCUT2D eigenvalue weighted by molar-refractivity contribution is 6.30. The Hall–Kier alpha value is -2.57. The number of benzene rings is 2. The number of rotatable bonds is 3. The van der Waals surface area contributed by atoms with Gasteiger partial charge in [-0.2, -0.15) is 0 Å². The lowest BCUT2D eigenvalue weighted by Crippen LogP contribution is -2.57. The highest BCUT2D eigenvalue weighted by atomic mass is 35.5. The van der Waals surface area contributed by atoms with Crippen molar-refractivity contribution in [3.05, 3.63) is 58.6 Å². The first-order valence-electron chi connectivity index (χ1n) is 9.88. The highest BCUT2D eigenvalue weighted by Gasteiger charge is 2.41. The highest BCUT2D eigenvalue weighted by Crippen LogP contribution is 2.36. The molecule has 6 nitrogen and oxygen atoms in total. The summed E-state index contributed by atoms with van der Waals surface area (Å²) in [5, 5.41) is 11.4. The first-order valence-corrected chi connectivity index (χ1v) is 10.3. The third-order valence-corrected chi connectivity index (χ3v) is 5.75. The summed E-state index contributed by atoms with van der Waals surface area (Å²) in [7, 11) is 3.52. The fourth-order valence-electron chi connectivity index (χ4n) is 3.92. The first-order chi connectivity index (χ1) is 14.0. The van der Waals surface area contributed by atoms with Crippen LogP contribution in [0.2, 0.25) is 5.02 Å². The minimum Gasteiger partial charge on any atom is -0.371 e. The second-order valence-corrected chi connectivity index (χ2v) is 8.27. The van der Waals surface area contributed by atoms with Crippen LogP contribution in [0.25, 0.3) is 0 Å². The van der Waals surface area contributed by atoms with Crippen molar-refractivity contribution in [2.24, 2.45) is 4.99 Å². The summed E-state index contributed by atoms with van der Waals surface area (Å²) < 4.78 is 0. The number of hydrogen-bond donors (Lipinski definition) is 3. The van der Waals surface area contributed by atoms with Gasteiger partial charge in [-0.25, -0.2) is 0 Å².